The van der Waals surface area contributed by atoms with Crippen LogP contribution in [0.3, 0.4) is 0 Å². The number of hydrogen-bond donors (Lipinski definition) is 1. The molecule has 5 nitrogen and oxygen atoms in total. The molecule has 0 radical (unpaired) electrons. The van der Waals surface area contributed by atoms with Crippen LogP contribution in [0.25, 0.3) is 0 Å². The zero-order valence-corrected chi connectivity index (χ0v) is 15.4. The summed E-state index contributed by atoms with van der Waals surface area (Å²) < 4.78 is 0. The third-order valence-electron chi connectivity index (χ3n) is 4.98. The molecular formula is C19H22N4OS. The molecule has 2 aromatic rings. The van der Waals surface area contributed by atoms with Crippen LogP contribution < -0.4 is 5.01 Å². The summed E-state index contributed by atoms with van der Waals surface area (Å²) in [6, 6.07) is 6.35. The lowest BCUT2D eigenvalue weighted by Crippen LogP contribution is -2.34. The van der Waals surface area contributed by atoms with Crippen molar-refractivity contribution in [2.24, 2.45) is 0 Å². The van der Waals surface area contributed by atoms with E-state index in [4.69, 9.17) is 4.98 Å². The number of rotatable bonds is 4. The molecule has 0 saturated carbocycles. The minimum absolute atomic E-state index is 0.721. The SMILES string of the molecule is C=CCN1Cc2cnc(SC)nc2N1c1ccc2c(c1)C(C)(O)CC2. The maximum absolute atomic E-state index is 10.7. The Kier molecular flexibility index (Phi) is 4.06. The highest BCUT2D eigenvalue weighted by atomic mass is 32.2. The first-order chi connectivity index (χ1) is 12.0. The zero-order chi connectivity index (χ0) is 17.6. The summed E-state index contributed by atoms with van der Waals surface area (Å²) in [4.78, 5) is 9.14. The standard InChI is InChI=1S/C19H22N4OS/c1-4-9-22-12-14-11-20-18(25-3)21-17(14)23(22)15-6-5-13-7-8-19(2,24)16(13)10-15/h4-6,10-11,24H,1,7-9,12H2,2-3H3. The predicted octanol–water partition coefficient (Wildman–Crippen LogP) is 3.41. The van der Waals surface area contributed by atoms with E-state index >= 15 is 0 Å². The third-order valence-corrected chi connectivity index (χ3v) is 5.54. The van der Waals surface area contributed by atoms with Gasteiger partial charge in [-0.05, 0) is 49.3 Å². The lowest BCUT2D eigenvalue weighted by Gasteiger charge is -2.30. The summed E-state index contributed by atoms with van der Waals surface area (Å²) in [5, 5.41) is 15.8. The van der Waals surface area contributed by atoms with Crippen molar-refractivity contribution < 1.29 is 5.11 Å². The Morgan fingerprint density at radius 3 is 3.00 bits per heavy atom. The number of benzene rings is 1. The first kappa shape index (κ1) is 16.6. The summed E-state index contributed by atoms with van der Waals surface area (Å²) in [5.41, 5.74) is 3.62. The molecule has 0 amide bonds. The lowest BCUT2D eigenvalue weighted by molar-refractivity contribution is 0.0595. The van der Waals surface area contributed by atoms with Crippen molar-refractivity contribution in [1.82, 2.24) is 15.0 Å². The predicted molar refractivity (Wildman–Crippen MR) is 101 cm³/mol. The fraction of sp³-hybridized carbons (Fsp3) is 0.368. The Labute approximate surface area is 152 Å². The van der Waals surface area contributed by atoms with E-state index in [0.29, 0.717) is 0 Å². The zero-order valence-electron chi connectivity index (χ0n) is 14.6. The Balaban J connectivity index is 1.82. The fourth-order valence-electron chi connectivity index (χ4n) is 3.69. The normalized spacial score (nSPS) is 22.1. The molecule has 2 aliphatic rings. The number of aliphatic hydroxyl groups is 1. The van der Waals surface area contributed by atoms with Gasteiger partial charge in [-0.2, -0.15) is 0 Å². The van der Waals surface area contributed by atoms with Crippen molar-refractivity contribution >= 4 is 23.3 Å². The number of fused-ring (bicyclic) bond motifs is 2. The number of anilines is 2. The summed E-state index contributed by atoms with van der Waals surface area (Å²) in [5.74, 6) is 0.916. The molecule has 0 bridgehead atoms. The van der Waals surface area contributed by atoms with Gasteiger partial charge in [0.05, 0.1) is 11.3 Å². The molecule has 25 heavy (non-hydrogen) atoms. The third kappa shape index (κ3) is 2.74. The molecule has 2 heterocycles. The molecule has 0 saturated heterocycles. The number of aryl methyl sites for hydroxylation is 1. The van der Waals surface area contributed by atoms with Crippen LogP contribution >= 0.6 is 11.8 Å². The topological polar surface area (TPSA) is 52.5 Å². The summed E-state index contributed by atoms with van der Waals surface area (Å²) in [7, 11) is 0. The van der Waals surface area contributed by atoms with E-state index in [1.165, 1.54) is 17.3 Å². The Bertz CT molecular complexity index is 836. The van der Waals surface area contributed by atoms with Gasteiger partial charge in [0.2, 0.25) is 0 Å². The molecule has 1 N–H and O–H groups in total. The Morgan fingerprint density at radius 2 is 2.24 bits per heavy atom. The van der Waals surface area contributed by atoms with Gasteiger partial charge in [0, 0.05) is 24.8 Å². The van der Waals surface area contributed by atoms with Crippen LogP contribution in [0.4, 0.5) is 11.5 Å². The minimum Gasteiger partial charge on any atom is -0.385 e. The summed E-state index contributed by atoms with van der Waals surface area (Å²) in [6.07, 6.45) is 7.49. The van der Waals surface area contributed by atoms with Gasteiger partial charge in [-0.1, -0.05) is 23.9 Å². The number of hydrazine groups is 1. The molecule has 1 unspecified atom stereocenters. The average molecular weight is 354 g/mol. The van der Waals surface area contributed by atoms with E-state index in [0.717, 1.165) is 53.7 Å². The van der Waals surface area contributed by atoms with Gasteiger partial charge < -0.3 is 5.11 Å². The molecule has 4 rings (SSSR count). The Hall–Kier alpha value is -1.89. The van der Waals surface area contributed by atoms with Crippen molar-refractivity contribution in [2.75, 3.05) is 17.8 Å². The van der Waals surface area contributed by atoms with Gasteiger partial charge >= 0.3 is 0 Å². The van der Waals surface area contributed by atoms with Crippen LogP contribution in [0.15, 0.2) is 42.2 Å². The van der Waals surface area contributed by atoms with Crippen LogP contribution in [0.2, 0.25) is 0 Å². The highest BCUT2D eigenvalue weighted by Gasteiger charge is 2.35. The number of aromatic nitrogens is 2. The molecule has 1 aliphatic heterocycles. The van der Waals surface area contributed by atoms with Crippen LogP contribution in [0, 0.1) is 0 Å². The Morgan fingerprint density at radius 1 is 1.40 bits per heavy atom. The molecular weight excluding hydrogens is 332 g/mol. The quantitative estimate of drug-likeness (QED) is 0.516. The first-order valence-corrected chi connectivity index (χ1v) is 9.67. The molecule has 1 aromatic heterocycles. The van der Waals surface area contributed by atoms with Crippen molar-refractivity contribution in [3.63, 3.8) is 0 Å². The average Bonchev–Trinajstić information content (AvgIpc) is 3.11. The largest absolute Gasteiger partial charge is 0.385 e. The van der Waals surface area contributed by atoms with Gasteiger partial charge in [0.1, 0.15) is 0 Å². The molecule has 6 heteroatoms. The number of thioether (sulfide) groups is 1. The monoisotopic (exact) mass is 354 g/mol. The first-order valence-electron chi connectivity index (χ1n) is 8.45. The van der Waals surface area contributed by atoms with Crippen LogP contribution in [-0.2, 0) is 18.6 Å². The van der Waals surface area contributed by atoms with Gasteiger partial charge in [-0.3, -0.25) is 5.01 Å². The maximum Gasteiger partial charge on any atom is 0.189 e. The lowest BCUT2D eigenvalue weighted by atomic mass is 9.98. The van der Waals surface area contributed by atoms with E-state index in [9.17, 15) is 5.11 Å². The molecule has 130 valence electrons. The fourth-order valence-corrected chi connectivity index (χ4v) is 4.02. The highest BCUT2D eigenvalue weighted by molar-refractivity contribution is 7.98. The van der Waals surface area contributed by atoms with Crippen LogP contribution in [-0.4, -0.2) is 32.9 Å². The molecule has 1 atom stereocenters. The van der Waals surface area contributed by atoms with Gasteiger partial charge in [-0.15, -0.1) is 6.58 Å². The number of hydrogen-bond acceptors (Lipinski definition) is 6. The van der Waals surface area contributed by atoms with Gasteiger partial charge in [0.25, 0.3) is 0 Å². The molecule has 0 fully saturated rings. The molecule has 1 aliphatic carbocycles. The van der Waals surface area contributed by atoms with E-state index < -0.39 is 5.60 Å². The van der Waals surface area contributed by atoms with Crippen LogP contribution in [0.1, 0.15) is 30.0 Å². The summed E-state index contributed by atoms with van der Waals surface area (Å²) >= 11 is 1.54. The van der Waals surface area contributed by atoms with E-state index in [1.54, 1.807) is 0 Å². The van der Waals surface area contributed by atoms with Gasteiger partial charge in [-0.25, -0.2) is 15.0 Å². The maximum atomic E-state index is 10.7. The van der Waals surface area contributed by atoms with E-state index in [1.807, 2.05) is 25.5 Å². The van der Waals surface area contributed by atoms with Crippen molar-refractivity contribution in [1.29, 1.82) is 0 Å². The van der Waals surface area contributed by atoms with E-state index in [2.05, 4.69) is 39.8 Å². The highest BCUT2D eigenvalue weighted by Crippen LogP contribution is 2.42. The second kappa shape index (κ2) is 6.12. The molecule has 0 spiro atoms. The van der Waals surface area contributed by atoms with Gasteiger partial charge in [0.15, 0.2) is 11.0 Å². The minimum atomic E-state index is -0.757. The molecule has 1 aromatic carbocycles. The summed E-state index contributed by atoms with van der Waals surface area (Å²) in [6.45, 7) is 7.25. The van der Waals surface area contributed by atoms with Crippen molar-refractivity contribution in [2.45, 2.75) is 37.1 Å². The van der Waals surface area contributed by atoms with Crippen molar-refractivity contribution in [3.05, 3.63) is 53.7 Å². The number of nitrogens with zero attached hydrogens (tertiary/aromatic N) is 4. The van der Waals surface area contributed by atoms with Crippen molar-refractivity contribution in [3.8, 4) is 0 Å². The smallest absolute Gasteiger partial charge is 0.189 e. The van der Waals surface area contributed by atoms with Crippen LogP contribution in [0.5, 0.6) is 0 Å². The van der Waals surface area contributed by atoms with E-state index in [-0.39, 0.29) is 0 Å². The second-order valence-corrected chi connectivity index (χ2v) is 7.54. The second-order valence-electron chi connectivity index (χ2n) is 6.77.